The van der Waals surface area contributed by atoms with Gasteiger partial charge in [0.05, 0.1) is 87.1 Å². The molecular weight excluding hydrogens is 1800 g/mol. The summed E-state index contributed by atoms with van der Waals surface area (Å²) < 4.78 is 49.0. The minimum Gasteiger partial charge on any atom is -0.495 e. The summed E-state index contributed by atoms with van der Waals surface area (Å²) >= 11 is 48.0. The third-order valence-electron chi connectivity index (χ3n) is 22.5. The first-order chi connectivity index (χ1) is 61.5. The van der Waals surface area contributed by atoms with E-state index in [1.54, 1.807) is 96.2 Å². The number of piperidine rings is 2. The second-order valence-corrected chi connectivity index (χ2v) is 35.0. The van der Waals surface area contributed by atoms with Crippen LogP contribution in [0.1, 0.15) is 162 Å². The highest BCUT2D eigenvalue weighted by Gasteiger charge is 2.27. The van der Waals surface area contributed by atoms with Crippen molar-refractivity contribution in [2.45, 2.75) is 174 Å². The van der Waals surface area contributed by atoms with Crippen LogP contribution in [0.2, 0.25) is 41.0 Å². The van der Waals surface area contributed by atoms with Gasteiger partial charge in [-0.3, -0.25) is 0 Å². The Morgan fingerprint density at radius 3 is 0.945 bits per heavy atom. The number of anilines is 10. The van der Waals surface area contributed by atoms with Crippen LogP contribution in [0.4, 0.5) is 58.2 Å². The summed E-state index contributed by atoms with van der Waals surface area (Å²) in [6.07, 6.45) is 29.7. The Hall–Kier alpha value is -8.66. The van der Waals surface area contributed by atoms with Crippen LogP contribution in [0.3, 0.4) is 0 Å². The zero-order valence-corrected chi connectivity index (χ0v) is 79.8. The van der Waals surface area contributed by atoms with Gasteiger partial charge in [-0.25, -0.2) is 0 Å². The maximum Gasteiger partial charge on any atom is 0.323 e. The lowest BCUT2D eigenvalue weighted by atomic mass is 9.90. The van der Waals surface area contributed by atoms with Crippen LogP contribution in [-0.4, -0.2) is 198 Å². The number of ether oxygens (including phenoxy) is 9. The van der Waals surface area contributed by atoms with Gasteiger partial charge >= 0.3 is 24.0 Å². The van der Waals surface area contributed by atoms with E-state index >= 15 is 0 Å². The van der Waals surface area contributed by atoms with E-state index in [4.69, 9.17) is 146 Å². The van der Waals surface area contributed by atoms with Crippen LogP contribution in [0.5, 0.6) is 52.8 Å². The molecule has 2 saturated heterocycles. The minimum atomic E-state index is 0. The van der Waals surface area contributed by atoms with Crippen LogP contribution in [0.25, 0.3) is 0 Å². The molecule has 6 fully saturated rings. The van der Waals surface area contributed by atoms with Crippen molar-refractivity contribution in [2.24, 2.45) is 23.7 Å². The van der Waals surface area contributed by atoms with E-state index in [0.717, 1.165) is 50.5 Å². The number of nitrogens with one attached hydrogen (secondary N) is 5. The Labute approximate surface area is 793 Å². The molecule has 15 rings (SSSR count). The van der Waals surface area contributed by atoms with Gasteiger partial charge in [0.15, 0.2) is 0 Å². The minimum absolute atomic E-state index is 0. The first-order valence-electron chi connectivity index (χ1n) is 43.3. The quantitative estimate of drug-likeness (QED) is 0.0248. The first-order valence-corrected chi connectivity index (χ1v) is 46.3. The van der Waals surface area contributed by atoms with Gasteiger partial charge in [0.1, 0.15) is 28.7 Å². The summed E-state index contributed by atoms with van der Waals surface area (Å²) in [5, 5.41) is 18.6. The molecule has 0 atom stereocenters. The number of nitrogens with zero attached hydrogens (tertiary/aromatic N) is 15. The maximum atomic E-state index is 6.30. The molecular formula is C90H123Cl8N21O9. The lowest BCUT2D eigenvalue weighted by Crippen LogP contribution is -2.42. The Bertz CT molecular complexity index is 4730. The number of hydrogen-bond acceptors (Lipinski definition) is 30. The summed E-state index contributed by atoms with van der Waals surface area (Å²) in [5.41, 5.74) is 8.98. The summed E-state index contributed by atoms with van der Waals surface area (Å²) in [6.45, 7) is 7.11. The molecule has 0 amide bonds. The lowest BCUT2D eigenvalue weighted by molar-refractivity contribution is 0.196. The monoisotopic (exact) mass is 1920 g/mol. The van der Waals surface area contributed by atoms with Crippen molar-refractivity contribution in [1.29, 1.82) is 0 Å². The van der Waals surface area contributed by atoms with Gasteiger partial charge < -0.3 is 89.6 Å². The molecule has 6 heterocycles. The maximum absolute atomic E-state index is 6.30. The Balaban J connectivity index is 0.000000183. The van der Waals surface area contributed by atoms with Gasteiger partial charge in [0.25, 0.3) is 0 Å². The van der Waals surface area contributed by atoms with Crippen molar-refractivity contribution < 1.29 is 42.6 Å². The zero-order chi connectivity index (χ0) is 90.4. The summed E-state index contributed by atoms with van der Waals surface area (Å²) in [5.74, 6) is 7.28. The van der Waals surface area contributed by atoms with Crippen LogP contribution in [0, 0.1) is 23.7 Å². The molecule has 30 nitrogen and oxygen atoms in total. The number of nitrogen functional groups attached to an aromatic ring is 1. The molecule has 0 spiro atoms. The van der Waals surface area contributed by atoms with Gasteiger partial charge in [0, 0.05) is 47.6 Å². The number of aromatic nitrogens is 12. The summed E-state index contributed by atoms with van der Waals surface area (Å²) in [4.78, 5) is 58.0. The third kappa shape index (κ3) is 35.2. The van der Waals surface area contributed by atoms with Gasteiger partial charge in [-0.2, -0.15) is 59.8 Å². The number of benzene rings is 5. The molecule has 0 bridgehead atoms. The molecule has 38 heteroatoms. The van der Waals surface area contributed by atoms with Crippen LogP contribution in [-0.2, 0) is 0 Å². The third-order valence-corrected chi connectivity index (χ3v) is 24.5. The van der Waals surface area contributed by atoms with Crippen molar-refractivity contribution in [3.8, 4) is 52.8 Å². The number of nitrogens with two attached hydrogens (primary N) is 1. The molecule has 0 unspecified atom stereocenters. The topological polar surface area (TPSA) is 334 Å². The number of hydrogen-bond donors (Lipinski definition) is 6. The molecule has 4 aliphatic carbocycles. The zero-order valence-electron chi connectivity index (χ0n) is 73.7. The highest BCUT2D eigenvalue weighted by Crippen LogP contribution is 2.37. The molecule has 4 saturated carbocycles. The predicted molar refractivity (Wildman–Crippen MR) is 515 cm³/mol. The fourth-order valence-corrected chi connectivity index (χ4v) is 17.0. The van der Waals surface area contributed by atoms with Crippen LogP contribution >= 0.6 is 92.8 Å². The van der Waals surface area contributed by atoms with Gasteiger partial charge in [0.2, 0.25) is 45.6 Å². The highest BCUT2D eigenvalue weighted by molar-refractivity contribution is 6.34. The summed E-state index contributed by atoms with van der Waals surface area (Å²) in [6, 6.07) is 28.8. The average Bonchev–Trinajstić information content (AvgIpc) is 0.817. The van der Waals surface area contributed by atoms with Crippen molar-refractivity contribution in [2.75, 3.05) is 148 Å². The molecule has 128 heavy (non-hydrogen) atoms. The molecule has 698 valence electrons. The summed E-state index contributed by atoms with van der Waals surface area (Å²) in [7, 11) is 16.3. The smallest absolute Gasteiger partial charge is 0.323 e. The lowest BCUT2D eigenvalue weighted by Gasteiger charge is -2.35. The van der Waals surface area contributed by atoms with Gasteiger partial charge in [-0.1, -0.05) is 142 Å². The molecule has 0 radical (unpaired) electrons. The van der Waals surface area contributed by atoms with E-state index in [0.29, 0.717) is 169 Å². The van der Waals surface area contributed by atoms with Gasteiger partial charge in [-0.15, -0.1) is 0 Å². The van der Waals surface area contributed by atoms with E-state index in [1.807, 2.05) is 30.3 Å². The standard InChI is InChI=1S/C24H27Cl2N5O3.C24H35ClN6O2.C17H20Cl2N4O2.C10H13Cl2N3O.C7H8ClNO.C7H16N2.CH4/c1-32-20-10-8-16(12-18(20)25)27-22-29-23(28-17-9-11-21(33-2)19(26)13-17)31-24(30-22)34-14-15-6-4-3-5-7-15;1-30-13-11-19(12-14-30)31(2)23-27-22(26-18-9-10-21(32-3)20(25)15-18)28-24(29-23)33-16-17-7-5-4-6-8-17;1-24-14-8-7-12(9-13(14)18)20-16-21-15(19)22-17(23-16)25-10-11-5-3-2-4-6-11;11-8-13-9(12)15-10(14-8)16-6-7-4-2-1-3-5-7;1-10-7-3-2-5(9)4-6(7)8;1-8-7-3-5-9(2)6-4-7;/h8-13,15H,3-7,14H2,1-2H3,(H2,27,28,29,30,31);9-10,15,17,19H,4-8,11-14,16H2,1-3H3,(H,26,27,28,29);7-9,11H,2-6,10H2,1H3,(H,20,21,22,23);7H,1-6H2;2-4H,9H2,1H3;7-8H,3-6H2,1-2H3;1H4. The predicted octanol–water partition coefficient (Wildman–Crippen LogP) is 22.3. The average molecular weight is 1930 g/mol. The largest absolute Gasteiger partial charge is 0.495 e. The second kappa shape index (κ2) is 54.9. The van der Waals surface area contributed by atoms with E-state index in [-0.39, 0.29) is 41.3 Å². The molecule has 6 aliphatic rings. The molecule has 5 aromatic carbocycles. The molecule has 2 aliphatic heterocycles. The second-order valence-electron chi connectivity index (χ2n) is 31.9. The Morgan fingerprint density at radius 2 is 0.625 bits per heavy atom. The van der Waals surface area contributed by atoms with E-state index in [2.05, 4.69) is 124 Å². The van der Waals surface area contributed by atoms with Crippen molar-refractivity contribution >= 4 is 151 Å². The van der Waals surface area contributed by atoms with Gasteiger partial charge in [-0.05, 0) is 274 Å². The number of halogens is 8. The molecule has 9 aromatic rings. The Morgan fingerprint density at radius 1 is 0.344 bits per heavy atom. The fraction of sp³-hybridized carbons (Fsp3) is 0.533. The number of rotatable bonds is 28. The molecule has 4 aromatic heterocycles. The Kier molecular flexibility index (Phi) is 44.2. The first kappa shape index (κ1) is 103. The van der Waals surface area contributed by atoms with Crippen molar-refractivity contribution in [3.05, 3.63) is 132 Å². The number of methoxy groups -OCH3 is 5. The molecule has 7 N–H and O–H groups in total. The number of likely N-dealkylation sites (tertiary alicyclic amines) is 2. The van der Waals surface area contributed by atoms with Crippen molar-refractivity contribution in [3.63, 3.8) is 0 Å². The van der Waals surface area contributed by atoms with E-state index in [1.165, 1.54) is 142 Å². The fourth-order valence-electron chi connectivity index (χ4n) is 15.2. The van der Waals surface area contributed by atoms with Crippen molar-refractivity contribution in [1.82, 2.24) is 74.9 Å². The van der Waals surface area contributed by atoms with E-state index in [9.17, 15) is 0 Å². The van der Waals surface area contributed by atoms with E-state index < -0.39 is 0 Å². The SMILES string of the molecule is C.CNC1CCN(C)CC1.COc1ccc(N)cc1Cl.COc1ccc(Nc2nc(Cl)nc(OCC3CCCCC3)n2)cc1Cl.COc1ccc(Nc2nc(Nc3ccc(OC)c(Cl)c3)nc(OCC3CCCCC3)n2)cc1Cl.COc1ccc(Nc2nc(OCC3CCCCC3)nc(N(C)C3CCN(C)CC3)n2)cc1Cl.Clc1nc(Cl)nc(OCC2CCCCC2)n1. The highest BCUT2D eigenvalue weighted by atomic mass is 35.5. The normalized spacial score (nSPS) is 15.9. The van der Waals surface area contributed by atoms with Crippen LogP contribution < -0.4 is 79.8 Å². The van der Waals surface area contributed by atoms with Crippen LogP contribution in [0.15, 0.2) is 91.0 Å².